The molecule has 1 aliphatic rings. The van der Waals surface area contributed by atoms with Gasteiger partial charge in [0, 0.05) is 81.4 Å². The van der Waals surface area contributed by atoms with Gasteiger partial charge in [0.2, 0.25) is 51.9 Å². The highest BCUT2D eigenvalue weighted by Crippen LogP contribution is 2.45. The number of benzene rings is 5. The van der Waals surface area contributed by atoms with E-state index in [0.29, 0.717) is 22.8 Å². The molecule has 0 unspecified atom stereocenters. The lowest BCUT2D eigenvalue weighted by molar-refractivity contribution is 0.266. The lowest BCUT2D eigenvalue weighted by Crippen LogP contribution is -2.43. The summed E-state index contributed by atoms with van der Waals surface area (Å²) in [5.74, 6) is -1.30. The molecule has 628 valence electrons. The normalized spacial score (nSPS) is 13.5. The molecule has 10 rings (SSSR count). The zero-order valence-corrected chi connectivity index (χ0v) is 71.9. The number of oxazole rings is 2. The number of aromatic hydroxyl groups is 3. The molecule has 0 bridgehead atoms. The minimum absolute atomic E-state index is 0.0191. The van der Waals surface area contributed by atoms with Gasteiger partial charge in [0.15, 0.2) is 34.2 Å². The maximum Gasteiger partial charge on any atom is 0.272 e. The van der Waals surface area contributed by atoms with Crippen LogP contribution in [0, 0.1) is 0 Å². The number of phenols is 3. The average Bonchev–Trinajstić information content (AvgIpc) is 0.812. The number of aliphatic hydroxyl groups excluding tert-OH is 4. The Hall–Kier alpha value is -7.23. The number of fused-ring (bicyclic) bond motifs is 2. The number of nitrogens with zero attached hydrogens (tertiary/aromatic N) is 6. The lowest BCUT2D eigenvalue weighted by Gasteiger charge is -2.31. The monoisotopic (exact) mass is 1810 g/mol. The topological polar surface area (TPSA) is 517 Å². The number of aromatic nitrogens is 2. The minimum Gasteiger partial charge on any atom is -0.504 e. The first-order valence-electron chi connectivity index (χ1n) is 34.1. The van der Waals surface area contributed by atoms with Crippen LogP contribution in [0.3, 0.4) is 0 Å². The van der Waals surface area contributed by atoms with Crippen molar-refractivity contribution in [1.82, 2.24) is 27.2 Å². The van der Waals surface area contributed by atoms with E-state index < -0.39 is 116 Å². The Morgan fingerprint density at radius 2 is 0.807 bits per heavy atom. The van der Waals surface area contributed by atoms with Gasteiger partial charge in [-0.25, -0.2) is 52.1 Å². The van der Waals surface area contributed by atoms with Crippen LogP contribution in [0.15, 0.2) is 113 Å². The number of anilines is 6. The second-order valence-corrected chi connectivity index (χ2v) is 39.9. The molecule has 9 aromatic rings. The summed E-state index contributed by atoms with van der Waals surface area (Å²) in [4.78, 5) is 54.3. The highest BCUT2D eigenvalue weighted by atomic mass is 35.7. The number of nitrogen functional groups attached to an aromatic ring is 1. The Balaban J connectivity index is 0.000000226. The zero-order chi connectivity index (χ0) is 86.3. The van der Waals surface area contributed by atoms with Crippen molar-refractivity contribution < 1.29 is 91.4 Å². The Bertz CT molecular complexity index is 5780. The van der Waals surface area contributed by atoms with E-state index in [0.717, 1.165) is 49.3 Å². The fraction of sp³-hybridized carbons (Fsp3) is 0.420. The molecule has 1 aliphatic carbocycles. The molecule has 0 amide bonds. The van der Waals surface area contributed by atoms with Crippen LogP contribution < -0.4 is 48.1 Å². The molecular formula is C69H86Cl6N10O24S5. The molecule has 0 spiro atoms. The van der Waals surface area contributed by atoms with Gasteiger partial charge in [0.1, 0.15) is 52.6 Å². The standard InChI is InChI=1S/C20H26ClN3O6S.C15H17ClN2O7S.C14H19ClN2O4S.C11H11Cl2NO3S.C9H13ClN2O4S/c1-3-20(8-4-5-9-20)23-15-14(17(27)18(15)28)22-13-7-6-12(21)19(16(13)26)31(29,30)24(2)10-11-25;1-3-25-14-10(12(21)13(14)22)17-9-5-4-8(16)15(11(9)20)26(23,24)18(2)6-7-19;1-14(2,3)13-16-10-6-5-9(15)12(11(10)21-13)22(19,20)17(4)7-8-18;1-11(2,3)10-14-7-5-4-6(12)9(8(7)17-10)18(13,15)16;1-12(4-5-13)17(15,16)9-6(10)2-3-7(11)8(9)14/h6-7,22-23,25-26H,3-5,8-11H2,1-2H3;4-5,17,19-20H,3,6-7H2,1-2H3;5-6,18H,7-8H2,1-4H3;4-5H,1-3H3;2-3,13-14H,4-5,11H2,1H3. The van der Waals surface area contributed by atoms with Crippen molar-refractivity contribution in [3.63, 3.8) is 0 Å². The number of likely N-dealkylation sites (N-methyl/N-ethyl adjacent to an activating group) is 4. The lowest BCUT2D eigenvalue weighted by atomic mass is 9.93. The van der Waals surface area contributed by atoms with E-state index in [9.17, 15) is 76.6 Å². The fourth-order valence-electron chi connectivity index (χ4n) is 10.8. The van der Waals surface area contributed by atoms with Crippen molar-refractivity contribution in [2.75, 3.05) is 109 Å². The molecule has 2 heterocycles. The van der Waals surface area contributed by atoms with E-state index >= 15 is 0 Å². The van der Waals surface area contributed by atoms with Crippen molar-refractivity contribution in [2.45, 2.75) is 128 Å². The summed E-state index contributed by atoms with van der Waals surface area (Å²) in [5.41, 5.74) is 2.17. The first-order chi connectivity index (χ1) is 52.7. The molecular weight excluding hydrogens is 1730 g/mol. The molecule has 0 radical (unpaired) electrons. The predicted octanol–water partition coefficient (Wildman–Crippen LogP) is 8.87. The van der Waals surface area contributed by atoms with Gasteiger partial charge in [-0.05, 0) is 86.8 Å². The number of nitrogens with two attached hydrogens (primary N) is 1. The van der Waals surface area contributed by atoms with E-state index in [1.165, 1.54) is 76.7 Å². The smallest absolute Gasteiger partial charge is 0.272 e. The van der Waals surface area contributed by atoms with Crippen LogP contribution in [0.4, 0.5) is 34.1 Å². The second-order valence-electron chi connectivity index (χ2n) is 27.4. The highest BCUT2D eigenvalue weighted by Gasteiger charge is 2.39. The van der Waals surface area contributed by atoms with E-state index in [1.807, 2.05) is 48.5 Å². The Kier molecular flexibility index (Phi) is 31.9. The first kappa shape index (κ1) is 95.6. The summed E-state index contributed by atoms with van der Waals surface area (Å²) in [5, 5.41) is 74.3. The van der Waals surface area contributed by atoms with Gasteiger partial charge in [0.05, 0.1) is 75.2 Å². The van der Waals surface area contributed by atoms with Crippen LogP contribution in [-0.4, -0.2) is 198 Å². The summed E-state index contributed by atoms with van der Waals surface area (Å²) in [6.45, 7) is 13.3. The molecule has 114 heavy (non-hydrogen) atoms. The molecule has 7 aromatic carbocycles. The van der Waals surface area contributed by atoms with Gasteiger partial charge < -0.3 is 71.0 Å². The van der Waals surface area contributed by atoms with Gasteiger partial charge >= 0.3 is 0 Å². The van der Waals surface area contributed by atoms with Gasteiger partial charge in [-0.1, -0.05) is 119 Å². The molecule has 1 saturated carbocycles. The summed E-state index contributed by atoms with van der Waals surface area (Å²) >= 11 is 29.7. The zero-order valence-electron chi connectivity index (χ0n) is 63.3. The third kappa shape index (κ3) is 21.0. The van der Waals surface area contributed by atoms with E-state index in [2.05, 4.69) is 25.9 Å². The molecule has 0 aliphatic heterocycles. The number of hydrogen-bond acceptors (Lipinski definition) is 30. The highest BCUT2D eigenvalue weighted by molar-refractivity contribution is 8.14. The van der Waals surface area contributed by atoms with Crippen LogP contribution in [0.5, 0.6) is 23.0 Å². The van der Waals surface area contributed by atoms with E-state index in [1.54, 1.807) is 19.1 Å². The molecule has 2 aromatic heterocycles. The molecule has 45 heteroatoms. The minimum atomic E-state index is -4.21. The van der Waals surface area contributed by atoms with E-state index in [-0.39, 0.29) is 148 Å². The maximum absolute atomic E-state index is 12.8. The Morgan fingerprint density at radius 1 is 0.482 bits per heavy atom. The van der Waals surface area contributed by atoms with Crippen molar-refractivity contribution >= 4 is 174 Å². The third-order valence-electron chi connectivity index (χ3n) is 17.3. The second kappa shape index (κ2) is 38.0. The van der Waals surface area contributed by atoms with Crippen LogP contribution >= 0.6 is 68.7 Å². The van der Waals surface area contributed by atoms with Crippen molar-refractivity contribution in [3.05, 3.63) is 138 Å². The quantitative estimate of drug-likeness (QED) is 0.0104. The van der Waals surface area contributed by atoms with Crippen molar-refractivity contribution in [1.29, 1.82) is 0 Å². The molecule has 34 nitrogen and oxygen atoms in total. The van der Waals surface area contributed by atoms with Crippen LogP contribution in [0.25, 0.3) is 22.2 Å². The average molecular weight is 1810 g/mol. The summed E-state index contributed by atoms with van der Waals surface area (Å²) in [7, 11) is -9.79. The van der Waals surface area contributed by atoms with Gasteiger partial charge in [-0.2, -0.15) is 17.2 Å². The fourth-order valence-corrected chi connectivity index (χ4v) is 19.5. The van der Waals surface area contributed by atoms with Crippen LogP contribution in [0.1, 0.15) is 99.3 Å². The maximum atomic E-state index is 12.8. The summed E-state index contributed by atoms with van der Waals surface area (Å²) in [6.07, 6.45) is 4.61. The number of rotatable bonds is 26. The van der Waals surface area contributed by atoms with Crippen LogP contribution in [-0.2, 0) is 60.0 Å². The van der Waals surface area contributed by atoms with Crippen LogP contribution in [0.2, 0.25) is 25.1 Å². The molecule has 1 fully saturated rings. The first-order valence-corrected chi connectivity index (χ1v) is 44.1. The largest absolute Gasteiger partial charge is 0.504 e. The third-order valence-corrected chi connectivity index (χ3v) is 28.5. The number of halogens is 6. The number of hydrogen-bond donors (Lipinski definition) is 11. The molecule has 0 atom stereocenters. The number of nitrogens with one attached hydrogen (secondary N) is 3. The summed E-state index contributed by atoms with van der Waals surface area (Å²) < 4.78 is 143. The predicted molar refractivity (Wildman–Crippen MR) is 435 cm³/mol. The van der Waals surface area contributed by atoms with Gasteiger partial charge in [-0.15, -0.1) is 0 Å². The van der Waals surface area contributed by atoms with E-state index in [4.69, 9.17) is 108 Å². The molecule has 12 N–H and O–H groups in total. The summed E-state index contributed by atoms with van der Waals surface area (Å²) in [6, 6.07) is 13.8. The Labute approximate surface area is 686 Å². The SMILES string of the molecule is CC(C)(C)c1nc2ccc(Cl)c(S(=O)(=O)Cl)c2o1.CCC1(Nc2c(Nc3ccc(Cl)c(S(=O)(=O)N(C)CCO)c3O)c(=O)c2=O)CCCC1.CCOc1c(Nc2ccc(Cl)c(S(=O)(=O)N(C)CCO)c2O)c(=O)c1=O.CN(CCO)S(=O)(=O)c1c(Cl)ccc(N)c1O.CN(CCO)S(=O)(=O)c1c(Cl)ccc2nc(C(C)(C)C)oc12. The number of aliphatic hydroxyl groups is 4. The molecule has 0 saturated heterocycles. The number of phenolic OH excluding ortho intramolecular Hbond substituents is 3. The number of ether oxygens (including phenoxy) is 1. The Morgan fingerprint density at radius 3 is 1.18 bits per heavy atom. The van der Waals surface area contributed by atoms with Crippen molar-refractivity contribution in [2.24, 2.45) is 0 Å². The van der Waals surface area contributed by atoms with Crippen molar-refractivity contribution in [3.8, 4) is 23.0 Å². The van der Waals surface area contributed by atoms with Gasteiger partial charge in [0.25, 0.3) is 30.8 Å². The number of sulfonamides is 4. The van der Waals surface area contributed by atoms with Gasteiger partial charge in [-0.3, -0.25) is 19.2 Å².